The Morgan fingerprint density at radius 3 is 2.29 bits per heavy atom. The second kappa shape index (κ2) is 11.0. The van der Waals surface area contributed by atoms with Crippen LogP contribution in [0.1, 0.15) is 27.0 Å². The summed E-state index contributed by atoms with van der Waals surface area (Å²) in [5, 5.41) is 15.9. The summed E-state index contributed by atoms with van der Waals surface area (Å²) in [6.07, 6.45) is 1.98. The Balaban J connectivity index is 1.45. The number of carbonyl (C=O) groups is 2. The summed E-state index contributed by atoms with van der Waals surface area (Å²) in [5.41, 5.74) is 5.74. The van der Waals surface area contributed by atoms with E-state index in [0.717, 1.165) is 33.8 Å². The van der Waals surface area contributed by atoms with Crippen LogP contribution in [0.5, 0.6) is 0 Å². The fraction of sp³-hybridized carbons (Fsp3) is 0.129. The lowest BCUT2D eigenvalue weighted by Gasteiger charge is -2.15. The molecular weight excluding hydrogens is 476 g/mol. The third-order valence-electron chi connectivity index (χ3n) is 6.37. The van der Waals surface area contributed by atoms with E-state index in [9.17, 15) is 14.7 Å². The van der Waals surface area contributed by atoms with Gasteiger partial charge in [-0.1, -0.05) is 84.4 Å². The number of carboxylic acids is 1. The minimum atomic E-state index is -1.08. The molecule has 2 aromatic heterocycles. The molecule has 0 fully saturated rings. The maximum absolute atomic E-state index is 13.1. The van der Waals surface area contributed by atoms with Gasteiger partial charge in [-0.2, -0.15) is 0 Å². The Bertz CT molecular complexity index is 1580. The van der Waals surface area contributed by atoms with Crippen molar-refractivity contribution in [2.24, 2.45) is 0 Å². The Hall–Kier alpha value is -4.91. The SMILES string of the molecule is Cc1cccc(-c2nc3cc(C(=O)NC(Cc4ccccc4)C(=O)O)ccn3c2NCc2ccccc2)c1. The van der Waals surface area contributed by atoms with E-state index in [2.05, 4.69) is 28.8 Å². The standard InChI is InChI=1S/C31H28N4O3/c1-21-9-8-14-24(17-21)28-29(32-20-23-12-6-3-7-13-23)35-16-15-25(19-27(35)34-28)30(36)33-26(31(37)38)18-22-10-4-2-5-11-22/h2-17,19,26,32H,18,20H2,1H3,(H,33,36)(H,37,38). The maximum atomic E-state index is 13.1. The molecule has 5 rings (SSSR count). The fourth-order valence-corrected chi connectivity index (χ4v) is 4.42. The topological polar surface area (TPSA) is 95.7 Å². The summed E-state index contributed by atoms with van der Waals surface area (Å²) in [4.78, 5) is 29.8. The van der Waals surface area contributed by atoms with Crippen molar-refractivity contribution in [3.8, 4) is 11.3 Å². The van der Waals surface area contributed by atoms with Crippen molar-refractivity contribution >= 4 is 23.3 Å². The number of imidazole rings is 1. The van der Waals surface area contributed by atoms with Crippen molar-refractivity contribution in [1.82, 2.24) is 14.7 Å². The number of carboxylic acid groups (broad SMARTS) is 1. The molecule has 0 saturated carbocycles. The van der Waals surface area contributed by atoms with Gasteiger partial charge in [0.2, 0.25) is 0 Å². The number of hydrogen-bond acceptors (Lipinski definition) is 4. The Kier molecular flexibility index (Phi) is 7.17. The van der Waals surface area contributed by atoms with Crippen LogP contribution in [0.2, 0.25) is 0 Å². The van der Waals surface area contributed by atoms with E-state index < -0.39 is 17.9 Å². The molecule has 1 atom stereocenters. The van der Waals surface area contributed by atoms with Gasteiger partial charge in [0.05, 0.1) is 0 Å². The van der Waals surface area contributed by atoms with E-state index >= 15 is 0 Å². The fourth-order valence-electron chi connectivity index (χ4n) is 4.42. The highest BCUT2D eigenvalue weighted by atomic mass is 16.4. The highest BCUT2D eigenvalue weighted by molar-refractivity contribution is 5.97. The van der Waals surface area contributed by atoms with Crippen LogP contribution >= 0.6 is 0 Å². The second-order valence-electron chi connectivity index (χ2n) is 9.22. The van der Waals surface area contributed by atoms with Crippen LogP contribution in [0.25, 0.3) is 16.9 Å². The molecule has 2 heterocycles. The van der Waals surface area contributed by atoms with Crippen molar-refractivity contribution in [3.63, 3.8) is 0 Å². The molecule has 7 nitrogen and oxygen atoms in total. The molecule has 0 aliphatic rings. The number of carbonyl (C=O) groups excluding carboxylic acids is 1. The smallest absolute Gasteiger partial charge is 0.326 e. The average Bonchev–Trinajstić information content (AvgIpc) is 3.30. The molecule has 3 N–H and O–H groups in total. The summed E-state index contributed by atoms with van der Waals surface area (Å²) < 4.78 is 1.91. The summed E-state index contributed by atoms with van der Waals surface area (Å²) >= 11 is 0. The zero-order valence-electron chi connectivity index (χ0n) is 21.0. The first kappa shape index (κ1) is 24.8. The second-order valence-corrected chi connectivity index (χ2v) is 9.22. The molecule has 0 aliphatic heterocycles. The zero-order chi connectivity index (χ0) is 26.5. The first-order valence-corrected chi connectivity index (χ1v) is 12.4. The number of fused-ring (bicyclic) bond motifs is 1. The van der Waals surface area contributed by atoms with E-state index in [4.69, 9.17) is 4.98 Å². The van der Waals surface area contributed by atoms with Crippen LogP contribution in [0.3, 0.4) is 0 Å². The number of nitrogens with one attached hydrogen (secondary N) is 2. The lowest BCUT2D eigenvalue weighted by Crippen LogP contribution is -2.42. The first-order valence-electron chi connectivity index (χ1n) is 12.4. The summed E-state index contributed by atoms with van der Waals surface area (Å²) in [7, 11) is 0. The van der Waals surface area contributed by atoms with Crippen LogP contribution in [0.4, 0.5) is 5.82 Å². The molecule has 0 aliphatic carbocycles. The number of aromatic nitrogens is 2. The Labute approximate surface area is 220 Å². The molecule has 0 saturated heterocycles. The van der Waals surface area contributed by atoms with Gasteiger partial charge in [0.25, 0.3) is 5.91 Å². The predicted octanol–water partition coefficient (Wildman–Crippen LogP) is 5.35. The molecule has 1 amide bonds. The van der Waals surface area contributed by atoms with Gasteiger partial charge in [-0.05, 0) is 36.2 Å². The van der Waals surface area contributed by atoms with E-state index in [1.165, 1.54) is 0 Å². The molecule has 190 valence electrons. The highest BCUT2D eigenvalue weighted by Gasteiger charge is 2.22. The van der Waals surface area contributed by atoms with Crippen molar-refractivity contribution in [1.29, 1.82) is 0 Å². The third-order valence-corrected chi connectivity index (χ3v) is 6.37. The number of aryl methyl sites for hydroxylation is 1. The number of anilines is 1. The van der Waals surface area contributed by atoms with Crippen molar-refractivity contribution < 1.29 is 14.7 Å². The van der Waals surface area contributed by atoms with Crippen LogP contribution < -0.4 is 10.6 Å². The first-order chi connectivity index (χ1) is 18.5. The van der Waals surface area contributed by atoms with Gasteiger partial charge in [0, 0.05) is 30.3 Å². The third kappa shape index (κ3) is 5.57. The summed E-state index contributed by atoms with van der Waals surface area (Å²) in [5.74, 6) is -0.734. The molecular formula is C31H28N4O3. The van der Waals surface area contributed by atoms with Gasteiger partial charge in [-0.15, -0.1) is 0 Å². The van der Waals surface area contributed by atoms with Crippen molar-refractivity contribution in [3.05, 3.63) is 126 Å². The van der Waals surface area contributed by atoms with Crippen molar-refractivity contribution in [2.75, 3.05) is 5.32 Å². The number of hydrogen-bond donors (Lipinski definition) is 3. The van der Waals surface area contributed by atoms with Crippen LogP contribution in [0.15, 0.2) is 103 Å². The number of rotatable bonds is 9. The predicted molar refractivity (Wildman–Crippen MR) is 148 cm³/mol. The van der Waals surface area contributed by atoms with Gasteiger partial charge in [0.15, 0.2) is 0 Å². The maximum Gasteiger partial charge on any atom is 0.326 e. The molecule has 0 bridgehead atoms. The molecule has 7 heteroatoms. The minimum absolute atomic E-state index is 0.193. The number of amides is 1. The van der Waals surface area contributed by atoms with Gasteiger partial charge in [-0.3, -0.25) is 9.20 Å². The van der Waals surface area contributed by atoms with Crippen molar-refractivity contribution in [2.45, 2.75) is 25.9 Å². The van der Waals surface area contributed by atoms with E-state index in [1.807, 2.05) is 78.1 Å². The lowest BCUT2D eigenvalue weighted by atomic mass is 10.1. The molecule has 38 heavy (non-hydrogen) atoms. The molecule has 0 radical (unpaired) electrons. The largest absolute Gasteiger partial charge is 0.480 e. The number of benzene rings is 3. The molecule has 1 unspecified atom stereocenters. The summed E-state index contributed by atoms with van der Waals surface area (Å²) in [6.45, 7) is 2.64. The van der Waals surface area contributed by atoms with Crippen LogP contribution in [-0.2, 0) is 17.8 Å². The highest BCUT2D eigenvalue weighted by Crippen LogP contribution is 2.30. The van der Waals surface area contributed by atoms with Gasteiger partial charge in [-0.25, -0.2) is 9.78 Å². The Morgan fingerprint density at radius 2 is 1.61 bits per heavy atom. The number of aliphatic carboxylic acids is 1. The average molecular weight is 505 g/mol. The van der Waals surface area contributed by atoms with Gasteiger partial charge >= 0.3 is 5.97 Å². The Morgan fingerprint density at radius 1 is 0.895 bits per heavy atom. The summed E-state index contributed by atoms with van der Waals surface area (Å²) in [6, 6.07) is 29.8. The monoisotopic (exact) mass is 504 g/mol. The molecule has 3 aromatic carbocycles. The van der Waals surface area contributed by atoms with E-state index in [0.29, 0.717) is 17.8 Å². The lowest BCUT2D eigenvalue weighted by molar-refractivity contribution is -0.139. The normalized spacial score (nSPS) is 11.7. The van der Waals surface area contributed by atoms with E-state index in [1.54, 1.807) is 18.3 Å². The minimum Gasteiger partial charge on any atom is -0.480 e. The van der Waals surface area contributed by atoms with Crippen LogP contribution in [-0.4, -0.2) is 32.4 Å². The van der Waals surface area contributed by atoms with Gasteiger partial charge in [0.1, 0.15) is 23.2 Å². The number of nitrogens with zero attached hydrogens (tertiary/aromatic N) is 2. The molecule has 0 spiro atoms. The van der Waals surface area contributed by atoms with E-state index in [-0.39, 0.29) is 6.42 Å². The quantitative estimate of drug-likeness (QED) is 0.252. The van der Waals surface area contributed by atoms with Gasteiger partial charge < -0.3 is 15.7 Å². The van der Waals surface area contributed by atoms with Crippen LogP contribution in [0, 0.1) is 6.92 Å². The molecule has 5 aromatic rings. The number of pyridine rings is 1. The zero-order valence-corrected chi connectivity index (χ0v) is 21.0.